The Balaban J connectivity index is 1.28. The average molecular weight is 665 g/mol. The van der Waals surface area contributed by atoms with Gasteiger partial charge in [0.05, 0.1) is 12.5 Å². The molecule has 13 heteroatoms. The molecule has 0 saturated heterocycles. The van der Waals surface area contributed by atoms with E-state index in [2.05, 4.69) is 17.6 Å². The highest BCUT2D eigenvalue weighted by Gasteiger charge is 2.68. The summed E-state index contributed by atoms with van der Waals surface area (Å²) in [7, 11) is 0. The molecule has 0 aromatic carbocycles. The Kier molecular flexibility index (Phi) is 11.1. The molecule has 0 radical (unpaired) electrons. The quantitative estimate of drug-likeness (QED) is 0.181. The smallest absolute Gasteiger partial charge is 0.326 e. The summed E-state index contributed by atoms with van der Waals surface area (Å²) in [6.45, 7) is 4.72. The molecule has 9 atom stereocenters. The van der Waals surface area contributed by atoms with E-state index in [1.54, 1.807) is 6.08 Å². The second-order valence-corrected chi connectivity index (χ2v) is 15.0. The number of amides is 2. The molecular formula is C33H48N2O10S. The fraction of sp³-hybridized carbons (Fsp3) is 0.758. The zero-order chi connectivity index (χ0) is 34.0. The van der Waals surface area contributed by atoms with E-state index in [9.17, 15) is 44.1 Å². The highest BCUT2D eigenvalue weighted by Crippen LogP contribution is 2.67. The van der Waals surface area contributed by atoms with Crippen LogP contribution in [0.2, 0.25) is 0 Å². The number of allylic oxidation sites excluding steroid dienone is 1. The van der Waals surface area contributed by atoms with E-state index < -0.39 is 65.3 Å². The lowest BCUT2D eigenvalue weighted by Gasteiger charge is -2.60. The second kappa shape index (κ2) is 14.1. The molecule has 0 heterocycles. The van der Waals surface area contributed by atoms with Gasteiger partial charge in [-0.1, -0.05) is 19.4 Å². The maximum Gasteiger partial charge on any atom is 0.326 e. The summed E-state index contributed by atoms with van der Waals surface area (Å²) in [5.41, 5.74) is -1.89. The van der Waals surface area contributed by atoms with Crippen LogP contribution >= 0.6 is 11.8 Å². The van der Waals surface area contributed by atoms with Gasteiger partial charge < -0.3 is 30.7 Å². The number of hydrogen-bond acceptors (Lipinski definition) is 10. The van der Waals surface area contributed by atoms with Crippen LogP contribution in [0, 0.1) is 28.6 Å². The molecule has 4 rings (SSSR count). The second-order valence-electron chi connectivity index (χ2n) is 14.0. The number of carboxylic acid groups (broad SMARTS) is 1. The zero-order valence-electron chi connectivity index (χ0n) is 27.1. The van der Waals surface area contributed by atoms with Crippen molar-refractivity contribution in [3.8, 4) is 0 Å². The molecule has 3 saturated carbocycles. The third-order valence-electron chi connectivity index (χ3n) is 11.4. The van der Waals surface area contributed by atoms with E-state index in [1.165, 1.54) is 18.7 Å². The number of carboxylic acids is 1. The van der Waals surface area contributed by atoms with Gasteiger partial charge in [-0.3, -0.25) is 24.0 Å². The summed E-state index contributed by atoms with van der Waals surface area (Å²) in [6, 6.07) is -2.12. The van der Waals surface area contributed by atoms with E-state index in [0.29, 0.717) is 25.0 Å². The number of ether oxygens (including phenoxy) is 1. The molecule has 4 aliphatic rings. The van der Waals surface area contributed by atoms with Crippen molar-refractivity contribution in [3.05, 3.63) is 11.6 Å². The molecule has 2 amide bonds. The van der Waals surface area contributed by atoms with E-state index >= 15 is 0 Å². The minimum absolute atomic E-state index is 0.0132. The normalized spacial score (nSPS) is 34.6. The van der Waals surface area contributed by atoms with Gasteiger partial charge in [-0.25, -0.2) is 4.79 Å². The number of ketones is 2. The number of aliphatic carboxylic acids is 1. The maximum atomic E-state index is 13.5. The minimum Gasteiger partial charge on any atom is -0.480 e. The number of thioether (sulfide) groups is 1. The van der Waals surface area contributed by atoms with Gasteiger partial charge in [0.1, 0.15) is 17.7 Å². The Morgan fingerprint density at radius 1 is 1.09 bits per heavy atom. The van der Waals surface area contributed by atoms with Gasteiger partial charge in [0.25, 0.3) is 0 Å². The lowest BCUT2D eigenvalue weighted by Crippen LogP contribution is -2.62. The lowest BCUT2D eigenvalue weighted by molar-refractivity contribution is -0.184. The van der Waals surface area contributed by atoms with E-state index in [0.717, 1.165) is 18.4 Å². The SMILES string of the molecule is CSCC[C@H](NC(=O)[C@H](C)NC(=O)CCC(=O)OCC(=O)[C@@]1(O)CC[C@@H]2[C@@H]3CCC4=CC(=O)CC[C@]4(C)[C@H]3[C@H](O)C[C@@]21C)C(=O)O. The summed E-state index contributed by atoms with van der Waals surface area (Å²) < 4.78 is 5.18. The molecule has 12 nitrogen and oxygen atoms in total. The molecule has 0 aromatic rings. The molecule has 0 spiro atoms. The number of aliphatic hydroxyl groups is 2. The molecule has 0 aromatic heterocycles. The van der Waals surface area contributed by atoms with Crippen LogP contribution in [-0.4, -0.2) is 93.0 Å². The number of aliphatic hydroxyl groups excluding tert-OH is 1. The van der Waals surface area contributed by atoms with Crippen molar-refractivity contribution in [2.24, 2.45) is 28.6 Å². The number of rotatable bonds is 13. The number of Topliss-reactive ketones (excluding diaryl/α,β-unsaturated/α-hetero) is 1. The zero-order valence-corrected chi connectivity index (χ0v) is 28.0. The van der Waals surface area contributed by atoms with Gasteiger partial charge in [-0.05, 0) is 93.1 Å². The fourth-order valence-corrected chi connectivity index (χ4v) is 9.34. The lowest BCUT2D eigenvalue weighted by atomic mass is 9.45. The number of hydrogen-bond donors (Lipinski definition) is 5. The third kappa shape index (κ3) is 6.92. The van der Waals surface area contributed by atoms with Crippen LogP contribution in [0.1, 0.15) is 85.0 Å². The van der Waals surface area contributed by atoms with Crippen molar-refractivity contribution in [1.82, 2.24) is 10.6 Å². The monoisotopic (exact) mass is 664 g/mol. The number of nitrogens with one attached hydrogen (secondary N) is 2. The minimum atomic E-state index is -1.78. The van der Waals surface area contributed by atoms with Crippen LogP contribution < -0.4 is 10.6 Å². The Hall–Kier alpha value is -2.77. The van der Waals surface area contributed by atoms with Crippen molar-refractivity contribution < 1.29 is 48.8 Å². The van der Waals surface area contributed by atoms with Gasteiger partial charge in [0.15, 0.2) is 12.4 Å². The van der Waals surface area contributed by atoms with Crippen LogP contribution in [0.25, 0.3) is 0 Å². The Morgan fingerprint density at radius 2 is 1.80 bits per heavy atom. The van der Waals surface area contributed by atoms with Gasteiger partial charge in [0.2, 0.25) is 17.6 Å². The molecule has 4 aliphatic carbocycles. The standard InChI is InChI=1S/C33H48N2O10S/c1-18(29(41)35-23(30(42)43)11-14-46-4)34-26(39)7-8-27(40)45-17-25(38)33(44)13-10-22-21-6-5-19-15-20(36)9-12-31(19,2)28(21)24(37)16-32(22,33)3/h15,18,21-24,28,37,44H,5-14,16-17H2,1-4H3,(H,34,39)(H,35,41)(H,42,43)/t18-,21-,22+,23-,24+,28+,31-,32-,33-/m0/s1. The maximum absolute atomic E-state index is 13.5. The van der Waals surface area contributed by atoms with Gasteiger partial charge in [-0.2, -0.15) is 11.8 Å². The van der Waals surface area contributed by atoms with Crippen LogP contribution in [0.5, 0.6) is 0 Å². The molecule has 0 bridgehead atoms. The van der Waals surface area contributed by atoms with Crippen LogP contribution in [0.4, 0.5) is 0 Å². The Labute approximate surface area is 273 Å². The molecule has 46 heavy (non-hydrogen) atoms. The largest absolute Gasteiger partial charge is 0.480 e. The number of fused-ring (bicyclic) bond motifs is 5. The number of carbonyl (C=O) groups is 6. The molecule has 3 fully saturated rings. The highest BCUT2D eigenvalue weighted by molar-refractivity contribution is 7.98. The Morgan fingerprint density at radius 3 is 2.48 bits per heavy atom. The van der Waals surface area contributed by atoms with Gasteiger partial charge in [-0.15, -0.1) is 0 Å². The third-order valence-corrected chi connectivity index (χ3v) is 12.1. The summed E-state index contributed by atoms with van der Waals surface area (Å²) in [6.07, 6.45) is 6.05. The van der Waals surface area contributed by atoms with Crippen molar-refractivity contribution in [2.75, 3.05) is 18.6 Å². The van der Waals surface area contributed by atoms with Crippen LogP contribution in [0.15, 0.2) is 11.6 Å². The summed E-state index contributed by atoms with van der Waals surface area (Å²) >= 11 is 1.44. The van der Waals surface area contributed by atoms with Crippen LogP contribution in [-0.2, 0) is 33.5 Å². The van der Waals surface area contributed by atoms with Crippen molar-refractivity contribution in [1.29, 1.82) is 0 Å². The number of esters is 1. The fourth-order valence-electron chi connectivity index (χ4n) is 8.87. The van der Waals surface area contributed by atoms with Crippen molar-refractivity contribution in [3.63, 3.8) is 0 Å². The first-order valence-corrected chi connectivity index (χ1v) is 17.6. The summed E-state index contributed by atoms with van der Waals surface area (Å²) in [4.78, 5) is 74.1. The van der Waals surface area contributed by atoms with Gasteiger partial charge >= 0.3 is 11.9 Å². The first-order valence-electron chi connectivity index (χ1n) is 16.2. The first kappa shape index (κ1) is 36.1. The Bertz CT molecular complexity index is 1290. The predicted octanol–water partition coefficient (Wildman–Crippen LogP) is 1.94. The molecule has 0 unspecified atom stereocenters. The van der Waals surface area contributed by atoms with E-state index in [-0.39, 0.29) is 61.1 Å². The number of carbonyl (C=O) groups excluding carboxylic acids is 5. The summed E-state index contributed by atoms with van der Waals surface area (Å²) in [5.74, 6) is -3.25. The van der Waals surface area contributed by atoms with Gasteiger partial charge in [0, 0.05) is 18.3 Å². The van der Waals surface area contributed by atoms with E-state index in [1.807, 2.05) is 13.2 Å². The topological polar surface area (TPSA) is 196 Å². The van der Waals surface area contributed by atoms with Crippen LogP contribution in [0.3, 0.4) is 0 Å². The first-order chi connectivity index (χ1) is 21.6. The molecule has 256 valence electrons. The predicted molar refractivity (Wildman–Crippen MR) is 168 cm³/mol. The average Bonchev–Trinajstić information content (AvgIpc) is 3.27. The summed E-state index contributed by atoms with van der Waals surface area (Å²) in [5, 5.41) is 37.5. The highest BCUT2D eigenvalue weighted by atomic mass is 32.2. The molecule has 5 N–H and O–H groups in total. The van der Waals surface area contributed by atoms with Crippen molar-refractivity contribution in [2.45, 2.75) is 109 Å². The van der Waals surface area contributed by atoms with E-state index in [4.69, 9.17) is 4.74 Å². The molecular weight excluding hydrogens is 616 g/mol. The van der Waals surface area contributed by atoms with Crippen molar-refractivity contribution >= 4 is 47.1 Å². The molecule has 0 aliphatic heterocycles.